The summed E-state index contributed by atoms with van der Waals surface area (Å²) in [5.74, 6) is 2.88. The van der Waals surface area contributed by atoms with Gasteiger partial charge in [-0.3, -0.25) is 0 Å². The molecule has 0 bridgehead atoms. The summed E-state index contributed by atoms with van der Waals surface area (Å²) in [7, 11) is 0. The van der Waals surface area contributed by atoms with E-state index in [4.69, 9.17) is 0 Å². The van der Waals surface area contributed by atoms with Crippen molar-refractivity contribution >= 4 is 5.82 Å². The summed E-state index contributed by atoms with van der Waals surface area (Å²) in [6.45, 7) is 7.97. The zero-order valence-corrected chi connectivity index (χ0v) is 11.8. The second kappa shape index (κ2) is 6.31. The summed E-state index contributed by atoms with van der Waals surface area (Å²) in [6, 6.07) is 1.99. The van der Waals surface area contributed by atoms with Gasteiger partial charge in [0.2, 0.25) is 0 Å². The topological polar surface area (TPSA) is 55.6 Å². The van der Waals surface area contributed by atoms with Crippen molar-refractivity contribution in [2.45, 2.75) is 40.2 Å². The molecule has 2 aromatic heterocycles. The molecule has 0 aliphatic rings. The molecular weight excluding hydrogens is 238 g/mol. The molecule has 0 spiro atoms. The molecule has 2 aromatic rings. The van der Waals surface area contributed by atoms with E-state index in [2.05, 4.69) is 31.8 Å². The standard InChI is InChI=1S/C14H21N5/c1-4-13-17-11(2)10-14(18-13)16-6-5-8-19-9-7-15-12(19)3/h7,9-10H,4-6,8H2,1-3H3,(H,16,17,18). The molecule has 5 heteroatoms. The highest BCUT2D eigenvalue weighted by molar-refractivity contribution is 5.35. The first kappa shape index (κ1) is 13.5. The van der Waals surface area contributed by atoms with E-state index in [0.29, 0.717) is 0 Å². The number of nitrogens with zero attached hydrogens (tertiary/aromatic N) is 4. The molecule has 0 fully saturated rings. The largest absolute Gasteiger partial charge is 0.370 e. The fraction of sp³-hybridized carbons (Fsp3) is 0.500. The highest BCUT2D eigenvalue weighted by Gasteiger charge is 2.00. The Bertz CT molecular complexity index is 532. The van der Waals surface area contributed by atoms with Crippen molar-refractivity contribution in [2.75, 3.05) is 11.9 Å². The van der Waals surface area contributed by atoms with Gasteiger partial charge < -0.3 is 9.88 Å². The molecule has 0 aliphatic carbocycles. The Labute approximate surface area is 114 Å². The van der Waals surface area contributed by atoms with Crippen LogP contribution in [-0.2, 0) is 13.0 Å². The first-order valence-corrected chi connectivity index (χ1v) is 6.75. The molecule has 0 atom stereocenters. The number of aromatic nitrogens is 4. The van der Waals surface area contributed by atoms with Gasteiger partial charge in [0, 0.05) is 43.7 Å². The Kier molecular flexibility index (Phi) is 4.49. The fourth-order valence-corrected chi connectivity index (χ4v) is 1.98. The zero-order chi connectivity index (χ0) is 13.7. The summed E-state index contributed by atoms with van der Waals surface area (Å²) in [6.07, 6.45) is 5.76. The van der Waals surface area contributed by atoms with E-state index >= 15 is 0 Å². The zero-order valence-electron chi connectivity index (χ0n) is 11.8. The predicted molar refractivity (Wildman–Crippen MR) is 76.2 cm³/mol. The van der Waals surface area contributed by atoms with Crippen molar-refractivity contribution in [3.8, 4) is 0 Å². The van der Waals surface area contributed by atoms with Gasteiger partial charge in [-0.05, 0) is 20.3 Å². The molecule has 5 nitrogen and oxygen atoms in total. The third kappa shape index (κ3) is 3.77. The van der Waals surface area contributed by atoms with Crippen LogP contribution in [0.5, 0.6) is 0 Å². The Morgan fingerprint density at radius 2 is 2.11 bits per heavy atom. The van der Waals surface area contributed by atoms with Crippen LogP contribution in [0.25, 0.3) is 0 Å². The number of imidazole rings is 1. The van der Waals surface area contributed by atoms with Gasteiger partial charge in [-0.2, -0.15) is 0 Å². The number of aryl methyl sites for hydroxylation is 4. The summed E-state index contributed by atoms with van der Waals surface area (Å²) in [5, 5.41) is 3.36. The maximum atomic E-state index is 4.46. The van der Waals surface area contributed by atoms with Gasteiger partial charge in [0.05, 0.1) is 0 Å². The maximum Gasteiger partial charge on any atom is 0.130 e. The van der Waals surface area contributed by atoms with Gasteiger partial charge in [-0.15, -0.1) is 0 Å². The number of hydrogen-bond acceptors (Lipinski definition) is 4. The van der Waals surface area contributed by atoms with Crippen LogP contribution in [0.3, 0.4) is 0 Å². The quantitative estimate of drug-likeness (QED) is 0.809. The Hall–Kier alpha value is -1.91. The Morgan fingerprint density at radius 1 is 1.26 bits per heavy atom. The molecule has 0 amide bonds. The molecule has 0 radical (unpaired) electrons. The average Bonchev–Trinajstić information content (AvgIpc) is 2.80. The van der Waals surface area contributed by atoms with Crippen LogP contribution >= 0.6 is 0 Å². The van der Waals surface area contributed by atoms with Gasteiger partial charge in [0.1, 0.15) is 17.5 Å². The van der Waals surface area contributed by atoms with E-state index < -0.39 is 0 Å². The molecule has 2 rings (SSSR count). The third-order valence-corrected chi connectivity index (χ3v) is 3.02. The van der Waals surface area contributed by atoms with Crippen molar-refractivity contribution in [3.63, 3.8) is 0 Å². The first-order chi connectivity index (χ1) is 9.19. The Balaban J connectivity index is 1.82. The molecule has 1 N–H and O–H groups in total. The fourth-order valence-electron chi connectivity index (χ4n) is 1.98. The van der Waals surface area contributed by atoms with Crippen LogP contribution in [0.2, 0.25) is 0 Å². The van der Waals surface area contributed by atoms with Crippen molar-refractivity contribution in [2.24, 2.45) is 0 Å². The van der Waals surface area contributed by atoms with Crippen molar-refractivity contribution in [1.82, 2.24) is 19.5 Å². The van der Waals surface area contributed by atoms with E-state index in [-0.39, 0.29) is 0 Å². The van der Waals surface area contributed by atoms with Gasteiger partial charge in [0.15, 0.2) is 0 Å². The van der Waals surface area contributed by atoms with Gasteiger partial charge in [-0.1, -0.05) is 6.92 Å². The summed E-state index contributed by atoms with van der Waals surface area (Å²) >= 11 is 0. The van der Waals surface area contributed by atoms with Crippen LogP contribution in [0.15, 0.2) is 18.5 Å². The summed E-state index contributed by atoms with van der Waals surface area (Å²) < 4.78 is 2.16. The molecule has 0 unspecified atom stereocenters. The molecular formula is C14H21N5. The van der Waals surface area contributed by atoms with Crippen molar-refractivity contribution in [1.29, 1.82) is 0 Å². The highest BCUT2D eigenvalue weighted by Crippen LogP contribution is 2.07. The SMILES string of the molecule is CCc1nc(C)cc(NCCCn2ccnc2C)n1. The number of hydrogen-bond donors (Lipinski definition) is 1. The van der Waals surface area contributed by atoms with Crippen LogP contribution in [0.4, 0.5) is 5.82 Å². The lowest BCUT2D eigenvalue weighted by Crippen LogP contribution is -2.09. The minimum absolute atomic E-state index is 0.866. The number of anilines is 1. The van der Waals surface area contributed by atoms with E-state index in [1.54, 1.807) is 0 Å². The monoisotopic (exact) mass is 259 g/mol. The minimum Gasteiger partial charge on any atom is -0.370 e. The number of nitrogens with one attached hydrogen (secondary N) is 1. The van der Waals surface area contributed by atoms with Crippen molar-refractivity contribution in [3.05, 3.63) is 35.8 Å². The summed E-state index contributed by atoms with van der Waals surface area (Å²) in [5.41, 5.74) is 1.01. The Morgan fingerprint density at radius 3 is 2.79 bits per heavy atom. The molecule has 2 heterocycles. The van der Waals surface area contributed by atoms with E-state index in [1.807, 2.05) is 32.3 Å². The highest BCUT2D eigenvalue weighted by atomic mass is 15.1. The second-order valence-electron chi connectivity index (χ2n) is 4.61. The van der Waals surface area contributed by atoms with Crippen LogP contribution in [0.1, 0.15) is 30.7 Å². The van der Waals surface area contributed by atoms with E-state index in [9.17, 15) is 0 Å². The third-order valence-electron chi connectivity index (χ3n) is 3.02. The molecule has 0 aromatic carbocycles. The van der Waals surface area contributed by atoms with Gasteiger partial charge in [0.25, 0.3) is 0 Å². The van der Waals surface area contributed by atoms with Crippen LogP contribution in [0, 0.1) is 13.8 Å². The molecule has 19 heavy (non-hydrogen) atoms. The van der Waals surface area contributed by atoms with E-state index in [1.165, 1.54) is 0 Å². The van der Waals surface area contributed by atoms with Crippen LogP contribution in [-0.4, -0.2) is 26.1 Å². The molecule has 0 aliphatic heterocycles. The number of rotatable bonds is 6. The lowest BCUT2D eigenvalue weighted by Gasteiger charge is -2.09. The lowest BCUT2D eigenvalue weighted by molar-refractivity contribution is 0.641. The second-order valence-corrected chi connectivity index (χ2v) is 4.61. The average molecular weight is 259 g/mol. The minimum atomic E-state index is 0.866. The normalized spacial score (nSPS) is 10.7. The molecule has 0 saturated carbocycles. The summed E-state index contributed by atoms with van der Waals surface area (Å²) in [4.78, 5) is 13.0. The smallest absolute Gasteiger partial charge is 0.130 e. The van der Waals surface area contributed by atoms with E-state index in [0.717, 1.165) is 49.1 Å². The van der Waals surface area contributed by atoms with Gasteiger partial charge in [-0.25, -0.2) is 15.0 Å². The first-order valence-electron chi connectivity index (χ1n) is 6.75. The predicted octanol–water partition coefficient (Wildman–Crippen LogP) is 2.35. The van der Waals surface area contributed by atoms with Crippen LogP contribution < -0.4 is 5.32 Å². The molecule has 0 saturated heterocycles. The van der Waals surface area contributed by atoms with Gasteiger partial charge >= 0.3 is 0 Å². The lowest BCUT2D eigenvalue weighted by atomic mass is 10.3. The van der Waals surface area contributed by atoms with Crippen molar-refractivity contribution < 1.29 is 0 Å². The molecule has 102 valence electrons. The maximum absolute atomic E-state index is 4.46.